The molecule has 1 unspecified atom stereocenters. The smallest absolute Gasteiger partial charge is 0.223 e. The third-order valence-corrected chi connectivity index (χ3v) is 3.44. The van der Waals surface area contributed by atoms with Crippen molar-refractivity contribution in [3.63, 3.8) is 0 Å². The number of amides is 2. The van der Waals surface area contributed by atoms with Gasteiger partial charge in [0.2, 0.25) is 11.8 Å². The topological polar surface area (TPSA) is 96.0 Å². The number of nitrogens with one attached hydrogen (secondary N) is 1. The van der Waals surface area contributed by atoms with Crippen LogP contribution in [-0.4, -0.2) is 18.4 Å². The minimum absolute atomic E-state index is 0.0111. The summed E-state index contributed by atoms with van der Waals surface area (Å²) in [7, 11) is 0. The zero-order valence-electron chi connectivity index (χ0n) is 11.0. The van der Waals surface area contributed by atoms with E-state index in [1.54, 1.807) is 0 Å². The summed E-state index contributed by atoms with van der Waals surface area (Å²) in [6, 6.07) is 2.16. The highest BCUT2D eigenvalue weighted by Gasteiger charge is 2.33. The molecule has 100 valence electrons. The van der Waals surface area contributed by atoms with Crippen molar-refractivity contribution in [2.45, 2.75) is 33.1 Å². The molecule has 5 heteroatoms. The zero-order chi connectivity index (χ0) is 13.7. The highest BCUT2D eigenvalue weighted by Crippen LogP contribution is 2.28. The van der Waals surface area contributed by atoms with Gasteiger partial charge < -0.3 is 11.1 Å². The third-order valence-electron chi connectivity index (χ3n) is 3.44. The lowest BCUT2D eigenvalue weighted by molar-refractivity contribution is -0.126. The summed E-state index contributed by atoms with van der Waals surface area (Å²) in [6.07, 6.45) is 1.77. The zero-order valence-corrected chi connectivity index (χ0v) is 11.0. The molecule has 0 aromatic carbocycles. The molecule has 5 nitrogen and oxygen atoms in total. The predicted molar refractivity (Wildman–Crippen MR) is 67.0 cm³/mol. The van der Waals surface area contributed by atoms with Crippen molar-refractivity contribution in [3.8, 4) is 6.07 Å². The molecule has 1 heterocycles. The van der Waals surface area contributed by atoms with E-state index < -0.39 is 17.7 Å². The van der Waals surface area contributed by atoms with Gasteiger partial charge in [0.25, 0.3) is 0 Å². The van der Waals surface area contributed by atoms with Crippen LogP contribution < -0.4 is 11.1 Å². The van der Waals surface area contributed by atoms with E-state index in [1.165, 1.54) is 0 Å². The van der Waals surface area contributed by atoms with Crippen LogP contribution >= 0.6 is 0 Å². The van der Waals surface area contributed by atoms with Gasteiger partial charge in [0.15, 0.2) is 0 Å². The van der Waals surface area contributed by atoms with Crippen molar-refractivity contribution in [1.82, 2.24) is 5.32 Å². The van der Waals surface area contributed by atoms with Crippen LogP contribution in [-0.2, 0) is 9.59 Å². The molecule has 1 aliphatic heterocycles. The number of nitrogens with zero attached hydrogens (tertiary/aromatic N) is 1. The van der Waals surface area contributed by atoms with Gasteiger partial charge in [-0.3, -0.25) is 9.59 Å². The van der Waals surface area contributed by atoms with E-state index in [0.29, 0.717) is 25.3 Å². The molecule has 1 fully saturated rings. The molecule has 1 rings (SSSR count). The first-order chi connectivity index (χ1) is 8.45. The average molecular weight is 251 g/mol. The van der Waals surface area contributed by atoms with E-state index in [1.807, 2.05) is 13.8 Å². The molecule has 3 atom stereocenters. The first-order valence-electron chi connectivity index (χ1n) is 6.42. The van der Waals surface area contributed by atoms with Gasteiger partial charge in [0.1, 0.15) is 0 Å². The molecular weight excluding hydrogens is 230 g/mol. The van der Waals surface area contributed by atoms with Crippen molar-refractivity contribution >= 4 is 11.8 Å². The minimum atomic E-state index is -0.459. The molecule has 0 radical (unpaired) electrons. The first-order valence-corrected chi connectivity index (χ1v) is 6.42. The first kappa shape index (κ1) is 14.5. The Morgan fingerprint density at radius 2 is 2.28 bits per heavy atom. The van der Waals surface area contributed by atoms with Crippen molar-refractivity contribution < 1.29 is 9.59 Å². The lowest BCUT2D eigenvalue weighted by Crippen LogP contribution is -2.32. The monoisotopic (exact) mass is 251 g/mol. The molecular formula is C13H21N3O2. The Morgan fingerprint density at radius 1 is 1.61 bits per heavy atom. The van der Waals surface area contributed by atoms with Gasteiger partial charge in [-0.1, -0.05) is 13.8 Å². The number of rotatable bonds is 6. The number of nitrogens with two attached hydrogens (primary N) is 1. The Bertz CT molecular complexity index is 360. The summed E-state index contributed by atoms with van der Waals surface area (Å²) >= 11 is 0. The lowest BCUT2D eigenvalue weighted by Gasteiger charge is -2.22. The van der Waals surface area contributed by atoms with E-state index in [9.17, 15) is 14.9 Å². The van der Waals surface area contributed by atoms with Crippen molar-refractivity contribution in [1.29, 1.82) is 5.26 Å². The van der Waals surface area contributed by atoms with E-state index in [2.05, 4.69) is 11.4 Å². The van der Waals surface area contributed by atoms with Gasteiger partial charge in [0.05, 0.1) is 17.9 Å². The molecule has 1 saturated heterocycles. The van der Waals surface area contributed by atoms with Gasteiger partial charge in [-0.05, 0) is 25.2 Å². The van der Waals surface area contributed by atoms with Crippen LogP contribution in [0.2, 0.25) is 0 Å². The Labute approximate surface area is 108 Å². The Balaban J connectivity index is 2.70. The molecule has 0 saturated carbocycles. The molecule has 2 amide bonds. The molecule has 1 aliphatic rings. The number of hydrogen-bond acceptors (Lipinski definition) is 3. The van der Waals surface area contributed by atoms with Crippen LogP contribution in [0.1, 0.15) is 33.1 Å². The summed E-state index contributed by atoms with van der Waals surface area (Å²) in [4.78, 5) is 23.0. The standard InChI is InChI=1S/C13H21N3O2/c1-8(2)5-11(12(15)17)10(7-14)6-9-3-4-16-13(9)18/h8-11H,3-6H2,1-2H3,(H2,15,17)(H,16,18)/t9-,10-,11?/m1/s1. The fourth-order valence-corrected chi connectivity index (χ4v) is 2.47. The maximum atomic E-state index is 11.5. The molecule has 0 aliphatic carbocycles. The lowest BCUT2D eigenvalue weighted by atomic mass is 9.80. The fourth-order valence-electron chi connectivity index (χ4n) is 2.47. The van der Waals surface area contributed by atoms with Crippen LogP contribution in [0.3, 0.4) is 0 Å². The molecule has 0 aromatic rings. The largest absolute Gasteiger partial charge is 0.369 e. The summed E-state index contributed by atoms with van der Waals surface area (Å²) < 4.78 is 0. The Hall–Kier alpha value is -1.57. The minimum Gasteiger partial charge on any atom is -0.369 e. The quantitative estimate of drug-likeness (QED) is 0.730. The number of hydrogen-bond donors (Lipinski definition) is 2. The maximum Gasteiger partial charge on any atom is 0.223 e. The van der Waals surface area contributed by atoms with Crippen LogP contribution in [0.15, 0.2) is 0 Å². The van der Waals surface area contributed by atoms with Gasteiger partial charge in [-0.15, -0.1) is 0 Å². The molecule has 0 bridgehead atoms. The molecule has 3 N–H and O–H groups in total. The van der Waals surface area contributed by atoms with Crippen molar-refractivity contribution in [2.24, 2.45) is 29.4 Å². The van der Waals surface area contributed by atoms with E-state index in [-0.39, 0.29) is 11.8 Å². The summed E-state index contributed by atoms with van der Waals surface area (Å²) in [5.74, 6) is -1.21. The van der Waals surface area contributed by atoms with Gasteiger partial charge in [-0.25, -0.2) is 0 Å². The Morgan fingerprint density at radius 3 is 2.67 bits per heavy atom. The van der Waals surface area contributed by atoms with Gasteiger partial charge in [0, 0.05) is 12.5 Å². The molecule has 0 spiro atoms. The highest BCUT2D eigenvalue weighted by atomic mass is 16.2. The van der Waals surface area contributed by atoms with E-state index >= 15 is 0 Å². The van der Waals surface area contributed by atoms with Crippen LogP contribution in [0.5, 0.6) is 0 Å². The van der Waals surface area contributed by atoms with Gasteiger partial charge >= 0.3 is 0 Å². The molecule has 18 heavy (non-hydrogen) atoms. The van der Waals surface area contributed by atoms with Crippen LogP contribution in [0.4, 0.5) is 0 Å². The third kappa shape index (κ3) is 3.73. The average Bonchev–Trinajstić information content (AvgIpc) is 2.68. The predicted octanol–water partition coefficient (Wildman–Crippen LogP) is 0.800. The van der Waals surface area contributed by atoms with Crippen LogP contribution in [0.25, 0.3) is 0 Å². The van der Waals surface area contributed by atoms with Crippen molar-refractivity contribution in [3.05, 3.63) is 0 Å². The van der Waals surface area contributed by atoms with Crippen LogP contribution in [0, 0.1) is 35.0 Å². The van der Waals surface area contributed by atoms with E-state index in [4.69, 9.17) is 5.73 Å². The Kier molecular flexibility index (Phi) is 5.14. The SMILES string of the molecule is CC(C)CC(C(N)=O)[C@@H](C#N)C[C@H]1CCNC1=O. The summed E-state index contributed by atoms with van der Waals surface area (Å²) in [5, 5.41) is 12.0. The summed E-state index contributed by atoms with van der Waals surface area (Å²) in [5.41, 5.74) is 5.38. The second-order valence-corrected chi connectivity index (χ2v) is 5.39. The number of nitriles is 1. The number of primary amides is 1. The second kappa shape index (κ2) is 6.39. The highest BCUT2D eigenvalue weighted by molar-refractivity contribution is 5.81. The number of carbonyl (C=O) groups excluding carboxylic acids is 2. The summed E-state index contributed by atoms with van der Waals surface area (Å²) in [6.45, 7) is 4.65. The maximum absolute atomic E-state index is 11.5. The van der Waals surface area contributed by atoms with Gasteiger partial charge in [-0.2, -0.15) is 5.26 Å². The fraction of sp³-hybridized carbons (Fsp3) is 0.769. The normalized spacial score (nSPS) is 22.3. The molecule has 0 aromatic heterocycles. The number of carbonyl (C=O) groups is 2. The van der Waals surface area contributed by atoms with Crippen molar-refractivity contribution in [2.75, 3.05) is 6.54 Å². The second-order valence-electron chi connectivity index (χ2n) is 5.39. The van der Waals surface area contributed by atoms with E-state index in [0.717, 1.165) is 6.42 Å².